The molecule has 2 aliphatic heterocycles. The Bertz CT molecular complexity index is 1180. The van der Waals surface area contributed by atoms with Gasteiger partial charge in [0.1, 0.15) is 11.9 Å². The quantitative estimate of drug-likeness (QED) is 0.369. The summed E-state index contributed by atoms with van der Waals surface area (Å²) in [6, 6.07) is 11.2. The molecule has 0 saturated carbocycles. The Kier molecular flexibility index (Phi) is 8.65. The van der Waals surface area contributed by atoms with Crippen LogP contribution in [-0.4, -0.2) is 78.8 Å². The maximum Gasteiger partial charge on any atom is 0.493 e. The topological polar surface area (TPSA) is 79.4 Å². The number of carbonyl (C=O) groups excluding carboxylic acids is 3. The normalized spacial score (nSPS) is 19.9. The van der Waals surface area contributed by atoms with Crippen LogP contribution in [0, 0.1) is 17.7 Å². The van der Waals surface area contributed by atoms with Crippen LogP contribution in [0.5, 0.6) is 0 Å². The zero-order valence-electron chi connectivity index (χ0n) is 20.9. The smallest absolute Gasteiger partial charge is 0.451 e. The van der Waals surface area contributed by atoms with Gasteiger partial charge in [0.25, 0.3) is 5.91 Å². The Balaban J connectivity index is 1.43. The van der Waals surface area contributed by atoms with E-state index in [1.165, 1.54) is 18.2 Å². The van der Waals surface area contributed by atoms with Gasteiger partial charge in [0.15, 0.2) is 0 Å². The van der Waals surface area contributed by atoms with E-state index < -0.39 is 36.0 Å². The number of ether oxygens (including phenoxy) is 1. The van der Waals surface area contributed by atoms with Crippen LogP contribution in [0.25, 0.3) is 0 Å². The molecule has 2 fully saturated rings. The second-order valence-corrected chi connectivity index (χ2v) is 9.88. The lowest BCUT2D eigenvalue weighted by Gasteiger charge is -2.30. The molecule has 0 N–H and O–H groups in total. The lowest BCUT2D eigenvalue weighted by Crippen LogP contribution is -2.42. The van der Waals surface area contributed by atoms with Crippen molar-refractivity contribution in [2.75, 3.05) is 39.8 Å². The molecule has 0 aliphatic carbocycles. The molecule has 0 aromatic heterocycles. The summed E-state index contributed by atoms with van der Waals surface area (Å²) in [6.07, 6.45) is -6.42. The molecule has 2 amide bonds. The molecule has 2 heterocycles. The van der Waals surface area contributed by atoms with Crippen LogP contribution < -0.4 is 0 Å². The van der Waals surface area contributed by atoms with E-state index in [1.807, 2.05) is 0 Å². The van der Waals surface area contributed by atoms with Crippen molar-refractivity contribution >= 4 is 29.6 Å². The van der Waals surface area contributed by atoms with E-state index in [9.17, 15) is 31.9 Å². The Morgan fingerprint density at radius 3 is 2.23 bits per heavy atom. The highest BCUT2D eigenvalue weighted by atomic mass is 35.5. The number of carbonyl (C=O) groups is 3. The molecule has 2 aromatic rings. The van der Waals surface area contributed by atoms with Crippen molar-refractivity contribution in [3.05, 3.63) is 70.5 Å². The zero-order valence-corrected chi connectivity index (χ0v) is 21.6. The molecule has 3 atom stereocenters. The van der Waals surface area contributed by atoms with Crippen molar-refractivity contribution in [3.8, 4) is 0 Å². The lowest BCUT2D eigenvalue weighted by atomic mass is 10.0. The predicted molar refractivity (Wildman–Crippen MR) is 131 cm³/mol. The maximum absolute atomic E-state index is 14.2. The number of rotatable bonds is 6. The minimum absolute atomic E-state index is 0.0482. The molecule has 8 nitrogen and oxygen atoms in total. The molecule has 210 valence electrons. The zero-order chi connectivity index (χ0) is 28.3. The summed E-state index contributed by atoms with van der Waals surface area (Å²) >= 11 is 6.06. The van der Waals surface area contributed by atoms with Crippen molar-refractivity contribution in [3.63, 3.8) is 0 Å². The number of amides is 2. The molecule has 0 spiro atoms. The number of nitrogens with zero attached hydrogens (tertiary/aromatic N) is 3. The molecule has 3 unspecified atom stereocenters. The van der Waals surface area contributed by atoms with Gasteiger partial charge in [-0.1, -0.05) is 48.0 Å². The van der Waals surface area contributed by atoms with Gasteiger partial charge < -0.3 is 19.4 Å². The molecule has 2 aliphatic rings. The fourth-order valence-electron chi connectivity index (χ4n) is 5.16. The lowest BCUT2D eigenvalue weighted by molar-refractivity contribution is -0.238. The average molecular weight is 572 g/mol. The summed E-state index contributed by atoms with van der Waals surface area (Å²) in [5.41, 5.74) is 0.300. The molecular weight excluding hydrogens is 546 g/mol. The molecule has 39 heavy (non-hydrogen) atoms. The Morgan fingerprint density at radius 2 is 1.67 bits per heavy atom. The maximum atomic E-state index is 14.2. The molecule has 4 rings (SSSR count). The number of hydroxylamine groups is 2. The number of hydrogen-bond donors (Lipinski definition) is 0. The summed E-state index contributed by atoms with van der Waals surface area (Å²) in [7, 11) is 0.974. The van der Waals surface area contributed by atoms with Gasteiger partial charge in [0.2, 0.25) is 0 Å². The van der Waals surface area contributed by atoms with Crippen molar-refractivity contribution < 1.29 is 41.5 Å². The Labute approximate surface area is 226 Å². The third-order valence-corrected chi connectivity index (χ3v) is 7.29. The first-order valence-corrected chi connectivity index (χ1v) is 12.5. The number of alkyl halides is 3. The molecule has 2 saturated heterocycles. The highest BCUT2D eigenvalue weighted by Gasteiger charge is 2.46. The van der Waals surface area contributed by atoms with Gasteiger partial charge in [-0.25, -0.2) is 14.0 Å². The molecule has 2 aromatic carbocycles. The van der Waals surface area contributed by atoms with Gasteiger partial charge in [-0.2, -0.15) is 13.2 Å². The first kappa shape index (κ1) is 28.6. The molecular formula is C26H26ClF4N3O5. The monoisotopic (exact) mass is 571 g/mol. The SMILES string of the molecule is COC(=O)N(OC(=O)C(F)(F)F)C(CCN1CC2CN(C(=O)c3c(F)cccc3Cl)CC2C1)c1ccccc1. The van der Waals surface area contributed by atoms with Crippen LogP contribution in [0.3, 0.4) is 0 Å². The number of benzene rings is 2. The third-order valence-electron chi connectivity index (χ3n) is 6.98. The van der Waals surface area contributed by atoms with Crippen molar-refractivity contribution in [1.82, 2.24) is 14.9 Å². The van der Waals surface area contributed by atoms with E-state index in [0.717, 1.165) is 7.11 Å². The summed E-state index contributed by atoms with van der Waals surface area (Å²) in [5.74, 6) is -3.48. The van der Waals surface area contributed by atoms with E-state index in [-0.39, 0.29) is 28.8 Å². The molecule has 0 radical (unpaired) electrons. The standard InChI is InChI=1S/C26H26ClF4N3O5/c1-38-25(37)34(39-24(36)26(29,30)31)21(16-6-3-2-4-7-16)10-11-32-12-17-14-33(15-18(17)13-32)23(35)22-19(27)8-5-9-20(22)28/h2-9,17-18,21H,10-15H2,1H3. The largest absolute Gasteiger partial charge is 0.493 e. The van der Waals surface area contributed by atoms with Gasteiger partial charge in [0, 0.05) is 32.7 Å². The second kappa shape index (κ2) is 11.8. The van der Waals surface area contributed by atoms with E-state index in [0.29, 0.717) is 43.4 Å². The number of methoxy groups -OCH3 is 1. The highest BCUT2D eigenvalue weighted by molar-refractivity contribution is 6.33. The van der Waals surface area contributed by atoms with Gasteiger partial charge in [-0.15, -0.1) is 5.06 Å². The van der Waals surface area contributed by atoms with E-state index >= 15 is 0 Å². The van der Waals surface area contributed by atoms with E-state index in [4.69, 9.17) is 11.6 Å². The fourth-order valence-corrected chi connectivity index (χ4v) is 5.40. The van der Waals surface area contributed by atoms with E-state index in [2.05, 4.69) is 14.5 Å². The van der Waals surface area contributed by atoms with Crippen molar-refractivity contribution in [2.24, 2.45) is 11.8 Å². The highest BCUT2D eigenvalue weighted by Crippen LogP contribution is 2.35. The number of hydrogen-bond acceptors (Lipinski definition) is 6. The number of halogens is 5. The minimum atomic E-state index is -5.31. The number of likely N-dealkylation sites (tertiary alicyclic amines) is 2. The van der Waals surface area contributed by atoms with Crippen LogP contribution in [0.1, 0.15) is 28.4 Å². The minimum Gasteiger partial charge on any atom is -0.451 e. The Hall–Kier alpha value is -3.38. The van der Waals surface area contributed by atoms with Gasteiger partial charge in [-0.05, 0) is 36.0 Å². The van der Waals surface area contributed by atoms with Crippen molar-refractivity contribution in [2.45, 2.75) is 18.6 Å². The molecule has 0 bridgehead atoms. The van der Waals surface area contributed by atoms with Crippen LogP contribution in [0.4, 0.5) is 22.4 Å². The van der Waals surface area contributed by atoms with Gasteiger partial charge in [-0.3, -0.25) is 4.79 Å². The van der Waals surface area contributed by atoms with Crippen LogP contribution >= 0.6 is 11.6 Å². The second-order valence-electron chi connectivity index (χ2n) is 9.47. The first-order chi connectivity index (χ1) is 18.5. The van der Waals surface area contributed by atoms with Crippen LogP contribution in [0.2, 0.25) is 5.02 Å². The van der Waals surface area contributed by atoms with Gasteiger partial charge in [0.05, 0.1) is 17.7 Å². The first-order valence-electron chi connectivity index (χ1n) is 12.2. The predicted octanol–water partition coefficient (Wildman–Crippen LogP) is 4.70. The summed E-state index contributed by atoms with van der Waals surface area (Å²) in [4.78, 5) is 45.0. The van der Waals surface area contributed by atoms with Crippen LogP contribution in [0.15, 0.2) is 48.5 Å². The van der Waals surface area contributed by atoms with Gasteiger partial charge >= 0.3 is 18.2 Å². The van der Waals surface area contributed by atoms with Crippen LogP contribution in [-0.2, 0) is 14.4 Å². The number of fused-ring (bicyclic) bond motifs is 1. The summed E-state index contributed by atoms with van der Waals surface area (Å²) in [5, 5.41) is 0.368. The van der Waals surface area contributed by atoms with Crippen molar-refractivity contribution in [1.29, 1.82) is 0 Å². The Morgan fingerprint density at radius 1 is 1.03 bits per heavy atom. The molecule has 13 heteroatoms. The fraction of sp³-hybridized carbons (Fsp3) is 0.423. The summed E-state index contributed by atoms with van der Waals surface area (Å²) < 4.78 is 57.6. The van der Waals surface area contributed by atoms with E-state index in [1.54, 1.807) is 35.2 Å². The third kappa shape index (κ3) is 6.44. The average Bonchev–Trinajstić information content (AvgIpc) is 3.46. The summed E-state index contributed by atoms with van der Waals surface area (Å²) in [6.45, 7) is 2.34.